The van der Waals surface area contributed by atoms with Crippen LogP contribution >= 0.6 is 11.6 Å². The molecule has 1 saturated heterocycles. The summed E-state index contributed by atoms with van der Waals surface area (Å²) in [5.41, 5.74) is 5.91. The molecule has 0 bridgehead atoms. The molecule has 12 heteroatoms. The maximum absolute atomic E-state index is 13.2. The minimum absolute atomic E-state index is 0.0570. The number of benzene rings is 2. The molecule has 0 aliphatic carbocycles. The first-order chi connectivity index (χ1) is 21.1. The molecular weight excluding hydrogens is 600 g/mol. The largest absolute Gasteiger partial charge is 0.493 e. The number of piperidine rings is 1. The van der Waals surface area contributed by atoms with E-state index in [-0.39, 0.29) is 19.1 Å². The smallest absolute Gasteiger partial charge is 0.427 e. The number of hydrogen-bond donors (Lipinski definition) is 1. The molecule has 2 N–H and O–H groups in total. The second kappa shape index (κ2) is 15.8. The second-order valence-corrected chi connectivity index (χ2v) is 13.3. The van der Waals surface area contributed by atoms with Crippen molar-refractivity contribution in [3.05, 3.63) is 64.7 Å². The minimum Gasteiger partial charge on any atom is -0.493 e. The number of guanidine groups is 1. The van der Waals surface area contributed by atoms with Crippen LogP contribution in [0.5, 0.6) is 5.75 Å². The zero-order valence-corrected chi connectivity index (χ0v) is 27.8. The molecule has 0 spiro atoms. The highest BCUT2D eigenvalue weighted by Crippen LogP contribution is 2.26. The molecule has 1 heterocycles. The van der Waals surface area contributed by atoms with Crippen LogP contribution in [0.2, 0.25) is 5.02 Å². The van der Waals surface area contributed by atoms with E-state index in [2.05, 4.69) is 29.4 Å². The lowest BCUT2D eigenvalue weighted by atomic mass is 9.90. The molecule has 0 unspecified atom stereocenters. The summed E-state index contributed by atoms with van der Waals surface area (Å²) in [4.78, 5) is 46.1. The molecule has 0 radical (unpaired) electrons. The zero-order valence-electron chi connectivity index (χ0n) is 27.0. The molecule has 3 amide bonds. The van der Waals surface area contributed by atoms with Crippen LogP contribution in [0.3, 0.4) is 0 Å². The third kappa shape index (κ3) is 12.1. The predicted octanol–water partition coefficient (Wildman–Crippen LogP) is 6.62. The Labute approximate surface area is 270 Å². The van der Waals surface area contributed by atoms with Crippen LogP contribution in [0.15, 0.2) is 53.7 Å². The topological polar surface area (TPSA) is 133 Å². The van der Waals surface area contributed by atoms with Gasteiger partial charge in [0.15, 0.2) is 0 Å². The van der Waals surface area contributed by atoms with Crippen molar-refractivity contribution in [3.63, 3.8) is 0 Å². The Morgan fingerprint density at radius 1 is 0.933 bits per heavy atom. The maximum atomic E-state index is 13.2. The Morgan fingerprint density at radius 2 is 1.53 bits per heavy atom. The van der Waals surface area contributed by atoms with E-state index >= 15 is 0 Å². The summed E-state index contributed by atoms with van der Waals surface area (Å²) in [6.07, 6.45) is 1.20. The number of carbonyl (C=O) groups is 3. The van der Waals surface area contributed by atoms with E-state index < -0.39 is 29.3 Å². The molecule has 0 aromatic heterocycles. The molecule has 11 nitrogen and oxygen atoms in total. The molecular formula is C33H45ClN4O7. The molecule has 0 saturated carbocycles. The van der Waals surface area contributed by atoms with Gasteiger partial charge in [-0.15, -0.1) is 4.90 Å². The highest BCUT2D eigenvalue weighted by molar-refractivity contribution is 6.31. The lowest BCUT2D eigenvalue weighted by Gasteiger charge is -2.32. The van der Waals surface area contributed by atoms with Crippen LogP contribution < -0.4 is 10.5 Å². The number of halogens is 1. The Kier molecular flexibility index (Phi) is 12.5. The fraction of sp³-hybridized carbons (Fsp3) is 0.515. The molecule has 1 aliphatic rings. The van der Waals surface area contributed by atoms with Crippen LogP contribution in [0.1, 0.15) is 76.7 Å². The Balaban J connectivity index is 1.49. The number of carbonyl (C=O) groups excluding carboxylic acids is 3. The number of likely N-dealkylation sites (tertiary alicyclic amines) is 1. The summed E-state index contributed by atoms with van der Waals surface area (Å²) < 4.78 is 16.3. The second-order valence-electron chi connectivity index (χ2n) is 12.9. The van der Waals surface area contributed by atoms with Gasteiger partial charge in [0.1, 0.15) is 23.6 Å². The van der Waals surface area contributed by atoms with Gasteiger partial charge < -0.3 is 29.7 Å². The van der Waals surface area contributed by atoms with Crippen molar-refractivity contribution in [2.75, 3.05) is 26.3 Å². The monoisotopic (exact) mass is 644 g/mol. The van der Waals surface area contributed by atoms with Crippen molar-refractivity contribution >= 4 is 35.7 Å². The minimum atomic E-state index is -1.05. The number of nitrogens with zero attached hydrogens (tertiary/aromatic N) is 3. The maximum Gasteiger partial charge on any atom is 0.427 e. The first kappa shape index (κ1) is 35.5. The van der Waals surface area contributed by atoms with E-state index in [1.807, 2.05) is 11.0 Å². The van der Waals surface area contributed by atoms with Gasteiger partial charge >= 0.3 is 12.2 Å². The lowest BCUT2D eigenvalue weighted by molar-refractivity contribution is 0.0132. The van der Waals surface area contributed by atoms with E-state index in [1.54, 1.807) is 59.7 Å². The normalized spacial score (nSPS) is 14.5. The number of rotatable bonds is 9. The van der Waals surface area contributed by atoms with Crippen LogP contribution in [0.25, 0.3) is 0 Å². The number of nitrogens with two attached hydrogens (primary N) is 1. The molecule has 2 aromatic carbocycles. The molecule has 3 rings (SSSR count). The SMILES string of the molecule is CC(C)(C)OC(=O)N(C(=O)OC(C)(C)C)/C(N)=N/OCCCOc1cc(Cl)cc(C(=O)N2CCC(Cc3ccccc3)CC2)c1. The molecule has 2 aromatic rings. The summed E-state index contributed by atoms with van der Waals surface area (Å²) in [6, 6.07) is 15.4. The molecule has 246 valence electrons. The van der Waals surface area contributed by atoms with Crippen molar-refractivity contribution in [1.82, 2.24) is 9.80 Å². The first-order valence-electron chi connectivity index (χ1n) is 15.1. The average molecular weight is 645 g/mol. The number of amides is 3. The van der Waals surface area contributed by atoms with E-state index in [4.69, 9.17) is 36.4 Å². The van der Waals surface area contributed by atoms with Gasteiger partial charge in [-0.25, -0.2) is 9.59 Å². The highest BCUT2D eigenvalue weighted by Gasteiger charge is 2.34. The van der Waals surface area contributed by atoms with Crippen molar-refractivity contribution in [3.8, 4) is 5.75 Å². The molecule has 0 atom stereocenters. The van der Waals surface area contributed by atoms with E-state index in [0.29, 0.717) is 46.7 Å². The third-order valence-electron chi connectivity index (χ3n) is 6.58. The number of hydrogen-bond acceptors (Lipinski definition) is 8. The zero-order chi connectivity index (χ0) is 33.2. The summed E-state index contributed by atoms with van der Waals surface area (Å²) in [7, 11) is 0. The predicted molar refractivity (Wildman–Crippen MR) is 172 cm³/mol. The number of imide groups is 1. The first-order valence-corrected chi connectivity index (χ1v) is 15.5. The third-order valence-corrected chi connectivity index (χ3v) is 6.79. The van der Waals surface area contributed by atoms with Gasteiger partial charge in [-0.3, -0.25) is 4.79 Å². The van der Waals surface area contributed by atoms with Gasteiger partial charge in [0, 0.05) is 30.1 Å². The van der Waals surface area contributed by atoms with Gasteiger partial charge in [-0.05, 0) is 95.6 Å². The summed E-state index contributed by atoms with van der Waals surface area (Å²) in [5, 5.41) is 4.09. The van der Waals surface area contributed by atoms with Crippen molar-refractivity contribution in [1.29, 1.82) is 0 Å². The van der Waals surface area contributed by atoms with Crippen LogP contribution in [-0.2, 0) is 20.7 Å². The van der Waals surface area contributed by atoms with Crippen LogP contribution in [0.4, 0.5) is 9.59 Å². The highest BCUT2D eigenvalue weighted by atomic mass is 35.5. The van der Waals surface area contributed by atoms with E-state index in [0.717, 1.165) is 19.3 Å². The number of ether oxygens (including phenoxy) is 3. The standard InChI is InChI=1S/C33H45ClN4O7/c1-32(2,3)44-30(40)38(31(41)45-33(4,5)6)29(35)36-43-18-10-17-42-27-21-25(20-26(34)22-27)28(39)37-15-13-24(14-16-37)19-23-11-8-7-9-12-23/h7-9,11-12,20-22,24H,10,13-19H2,1-6H3,(H2,35,36). The molecule has 45 heavy (non-hydrogen) atoms. The van der Waals surface area contributed by atoms with Gasteiger partial charge in [0.05, 0.1) is 6.61 Å². The van der Waals surface area contributed by atoms with Gasteiger partial charge in [-0.1, -0.05) is 41.9 Å². The Bertz CT molecular complexity index is 1300. The van der Waals surface area contributed by atoms with Gasteiger partial charge in [0.2, 0.25) is 0 Å². The fourth-order valence-electron chi connectivity index (χ4n) is 4.58. The van der Waals surface area contributed by atoms with Crippen molar-refractivity contribution in [2.24, 2.45) is 16.8 Å². The van der Waals surface area contributed by atoms with Gasteiger partial charge in [-0.2, -0.15) is 0 Å². The van der Waals surface area contributed by atoms with Crippen molar-refractivity contribution in [2.45, 2.75) is 78.4 Å². The summed E-state index contributed by atoms with van der Waals surface area (Å²) in [5.74, 6) is 0.387. The lowest BCUT2D eigenvalue weighted by Crippen LogP contribution is -2.50. The fourth-order valence-corrected chi connectivity index (χ4v) is 4.81. The van der Waals surface area contributed by atoms with Crippen LogP contribution in [-0.4, -0.2) is 71.4 Å². The summed E-state index contributed by atoms with van der Waals surface area (Å²) in [6.45, 7) is 11.6. The Morgan fingerprint density at radius 3 is 2.11 bits per heavy atom. The quantitative estimate of drug-likeness (QED) is 0.139. The van der Waals surface area contributed by atoms with Crippen LogP contribution in [0, 0.1) is 5.92 Å². The summed E-state index contributed by atoms with van der Waals surface area (Å²) >= 11 is 6.32. The average Bonchev–Trinajstić information content (AvgIpc) is 2.93. The van der Waals surface area contributed by atoms with E-state index in [9.17, 15) is 14.4 Å². The van der Waals surface area contributed by atoms with Crippen molar-refractivity contribution < 1.29 is 33.4 Å². The Hall–Kier alpha value is -3.99. The van der Waals surface area contributed by atoms with Gasteiger partial charge in [0.25, 0.3) is 11.9 Å². The van der Waals surface area contributed by atoms with E-state index in [1.165, 1.54) is 5.56 Å². The molecule has 1 aliphatic heterocycles. The molecule has 1 fully saturated rings. The number of oxime groups is 1.